The second-order valence-corrected chi connectivity index (χ2v) is 8.80. The van der Waals surface area contributed by atoms with Crippen LogP contribution < -0.4 is 10.9 Å². The minimum atomic E-state index is -0.156. The molecule has 0 saturated carbocycles. The molecule has 1 N–H and O–H groups in total. The summed E-state index contributed by atoms with van der Waals surface area (Å²) in [6.07, 6.45) is 7.83. The number of aryl methyl sites for hydroxylation is 2. The number of nitrogens with zero attached hydrogens (tertiary/aromatic N) is 4. The summed E-state index contributed by atoms with van der Waals surface area (Å²) in [6, 6.07) is 9.21. The van der Waals surface area contributed by atoms with Crippen LogP contribution in [0.25, 0.3) is 10.9 Å². The molecular formula is C23H27N5O2S. The number of rotatable bonds is 7. The number of nitrogens with one attached hydrogen (secondary N) is 1. The SMILES string of the molecule is Cc1cc(NC(=O)CSc2nc3ccccc3c(=O)n2CCC2=CCCCC2)n(C)n1. The number of thioether (sulfide) groups is 1. The fourth-order valence-electron chi connectivity index (χ4n) is 3.88. The number of para-hydroxylation sites is 1. The van der Waals surface area contributed by atoms with Gasteiger partial charge < -0.3 is 5.32 Å². The average Bonchev–Trinajstić information content (AvgIpc) is 3.09. The molecule has 2 aromatic heterocycles. The molecule has 0 fully saturated rings. The summed E-state index contributed by atoms with van der Waals surface area (Å²) >= 11 is 1.29. The third kappa shape index (κ3) is 5.07. The summed E-state index contributed by atoms with van der Waals surface area (Å²) in [7, 11) is 1.79. The Morgan fingerprint density at radius 1 is 1.26 bits per heavy atom. The molecule has 0 bridgehead atoms. The van der Waals surface area contributed by atoms with Gasteiger partial charge >= 0.3 is 0 Å². The Morgan fingerprint density at radius 2 is 2.10 bits per heavy atom. The van der Waals surface area contributed by atoms with Crippen molar-refractivity contribution in [2.75, 3.05) is 11.1 Å². The van der Waals surface area contributed by atoms with Crippen LogP contribution in [-0.2, 0) is 18.4 Å². The molecular weight excluding hydrogens is 410 g/mol. The van der Waals surface area contributed by atoms with Crippen molar-refractivity contribution in [2.24, 2.45) is 7.05 Å². The number of fused-ring (bicyclic) bond motifs is 1. The summed E-state index contributed by atoms with van der Waals surface area (Å²) < 4.78 is 3.37. The summed E-state index contributed by atoms with van der Waals surface area (Å²) in [5, 5.41) is 8.31. The molecule has 162 valence electrons. The highest BCUT2D eigenvalue weighted by atomic mass is 32.2. The molecule has 0 radical (unpaired) electrons. The van der Waals surface area contributed by atoms with Gasteiger partial charge in [0.1, 0.15) is 5.82 Å². The maximum atomic E-state index is 13.2. The van der Waals surface area contributed by atoms with E-state index < -0.39 is 0 Å². The molecule has 1 aliphatic carbocycles. The molecule has 31 heavy (non-hydrogen) atoms. The first-order valence-electron chi connectivity index (χ1n) is 10.6. The van der Waals surface area contributed by atoms with Crippen LogP contribution in [0.15, 0.2) is 51.9 Å². The number of amides is 1. The molecule has 1 aromatic carbocycles. The van der Waals surface area contributed by atoms with Crippen LogP contribution in [-0.4, -0.2) is 31.0 Å². The second-order valence-electron chi connectivity index (χ2n) is 7.86. The van der Waals surface area contributed by atoms with Crippen molar-refractivity contribution in [1.29, 1.82) is 0 Å². The standard InChI is InChI=1S/C23H27N5O2S/c1-16-14-20(27(2)26-16)25-21(29)15-31-23-24-19-11-7-6-10-18(19)22(30)28(23)13-12-17-8-4-3-5-9-17/h6-8,10-11,14H,3-5,9,12-13,15H2,1-2H3,(H,25,29). The van der Waals surface area contributed by atoms with Crippen molar-refractivity contribution in [3.8, 4) is 0 Å². The van der Waals surface area contributed by atoms with E-state index in [1.165, 1.54) is 30.2 Å². The van der Waals surface area contributed by atoms with E-state index >= 15 is 0 Å². The lowest BCUT2D eigenvalue weighted by molar-refractivity contribution is -0.113. The summed E-state index contributed by atoms with van der Waals surface area (Å²) in [4.78, 5) is 30.4. The number of hydrogen-bond donors (Lipinski definition) is 1. The minimum Gasteiger partial charge on any atom is -0.310 e. The number of carbonyl (C=O) groups excluding carboxylic acids is 1. The lowest BCUT2D eigenvalue weighted by Crippen LogP contribution is -2.25. The smallest absolute Gasteiger partial charge is 0.262 e. The summed E-state index contributed by atoms with van der Waals surface area (Å²) in [5.41, 5.74) is 2.86. The van der Waals surface area contributed by atoms with Gasteiger partial charge in [-0.25, -0.2) is 4.98 Å². The molecule has 0 aliphatic heterocycles. The average molecular weight is 438 g/mol. The lowest BCUT2D eigenvalue weighted by Gasteiger charge is -2.16. The van der Waals surface area contributed by atoms with Gasteiger partial charge in [0.25, 0.3) is 5.56 Å². The summed E-state index contributed by atoms with van der Waals surface area (Å²) in [5.74, 6) is 0.658. The highest BCUT2D eigenvalue weighted by molar-refractivity contribution is 7.99. The van der Waals surface area contributed by atoms with Crippen molar-refractivity contribution in [2.45, 2.75) is 50.7 Å². The van der Waals surface area contributed by atoms with Crippen LogP contribution in [0.1, 0.15) is 37.8 Å². The van der Waals surface area contributed by atoms with Crippen molar-refractivity contribution < 1.29 is 4.79 Å². The topological polar surface area (TPSA) is 81.8 Å². The molecule has 0 spiro atoms. The van der Waals surface area contributed by atoms with E-state index in [1.54, 1.807) is 16.3 Å². The molecule has 2 heterocycles. The van der Waals surface area contributed by atoms with Gasteiger partial charge in [0.15, 0.2) is 5.16 Å². The van der Waals surface area contributed by atoms with E-state index in [-0.39, 0.29) is 17.2 Å². The Labute approximate surface area is 185 Å². The Morgan fingerprint density at radius 3 is 2.84 bits per heavy atom. The number of allylic oxidation sites excluding steroid dienone is 2. The van der Waals surface area contributed by atoms with Crippen molar-refractivity contribution in [3.63, 3.8) is 0 Å². The highest BCUT2D eigenvalue weighted by Gasteiger charge is 2.15. The van der Waals surface area contributed by atoms with Gasteiger partial charge in [0.05, 0.1) is 22.3 Å². The first kappa shape index (κ1) is 21.4. The molecule has 0 saturated heterocycles. The fraction of sp³-hybridized carbons (Fsp3) is 0.391. The number of benzene rings is 1. The Balaban J connectivity index is 1.54. The van der Waals surface area contributed by atoms with Crippen LogP contribution in [0.4, 0.5) is 5.82 Å². The monoisotopic (exact) mass is 437 g/mol. The van der Waals surface area contributed by atoms with Crippen LogP contribution in [0, 0.1) is 6.92 Å². The van der Waals surface area contributed by atoms with Gasteiger partial charge in [-0.05, 0) is 51.2 Å². The number of hydrogen-bond acceptors (Lipinski definition) is 5. The molecule has 7 nitrogen and oxygen atoms in total. The Hall–Kier alpha value is -2.87. The third-order valence-corrected chi connectivity index (χ3v) is 6.45. The molecule has 0 atom stereocenters. The first-order chi connectivity index (χ1) is 15.0. The van der Waals surface area contributed by atoms with Crippen LogP contribution >= 0.6 is 11.8 Å². The Kier molecular flexibility index (Phi) is 6.56. The van der Waals surface area contributed by atoms with E-state index in [0.717, 1.165) is 25.0 Å². The van der Waals surface area contributed by atoms with Crippen LogP contribution in [0.3, 0.4) is 0 Å². The molecule has 8 heteroatoms. The van der Waals surface area contributed by atoms with Gasteiger partial charge in [-0.3, -0.25) is 18.8 Å². The predicted molar refractivity (Wildman–Crippen MR) is 124 cm³/mol. The van der Waals surface area contributed by atoms with Crippen LogP contribution in [0.2, 0.25) is 0 Å². The van der Waals surface area contributed by atoms with Gasteiger partial charge in [-0.15, -0.1) is 0 Å². The predicted octanol–water partition coefficient (Wildman–Crippen LogP) is 4.06. The van der Waals surface area contributed by atoms with E-state index in [0.29, 0.717) is 28.4 Å². The first-order valence-corrected chi connectivity index (χ1v) is 11.6. The van der Waals surface area contributed by atoms with E-state index in [2.05, 4.69) is 16.5 Å². The largest absolute Gasteiger partial charge is 0.310 e. The van der Waals surface area contributed by atoms with Gasteiger partial charge in [-0.2, -0.15) is 5.10 Å². The molecule has 4 rings (SSSR count). The Bertz CT molecular complexity index is 1190. The maximum Gasteiger partial charge on any atom is 0.262 e. The molecule has 3 aromatic rings. The van der Waals surface area contributed by atoms with E-state index in [1.807, 2.05) is 37.3 Å². The van der Waals surface area contributed by atoms with Crippen molar-refractivity contribution in [1.82, 2.24) is 19.3 Å². The number of carbonyl (C=O) groups is 1. The minimum absolute atomic E-state index is 0.0489. The highest BCUT2D eigenvalue weighted by Crippen LogP contribution is 2.23. The number of anilines is 1. The molecule has 0 unspecified atom stereocenters. The summed E-state index contributed by atoms with van der Waals surface area (Å²) in [6.45, 7) is 2.46. The fourth-order valence-corrected chi connectivity index (χ4v) is 4.70. The van der Waals surface area contributed by atoms with Gasteiger partial charge in [0, 0.05) is 19.7 Å². The molecule has 1 aliphatic rings. The van der Waals surface area contributed by atoms with Crippen molar-refractivity contribution >= 4 is 34.4 Å². The van der Waals surface area contributed by atoms with Crippen LogP contribution in [0.5, 0.6) is 0 Å². The second kappa shape index (κ2) is 9.51. The third-order valence-electron chi connectivity index (χ3n) is 5.47. The van der Waals surface area contributed by atoms with Gasteiger partial charge in [0.2, 0.25) is 5.91 Å². The zero-order chi connectivity index (χ0) is 21.8. The van der Waals surface area contributed by atoms with Gasteiger partial charge in [-0.1, -0.05) is 35.5 Å². The normalized spacial score (nSPS) is 13.9. The zero-order valence-corrected chi connectivity index (χ0v) is 18.7. The maximum absolute atomic E-state index is 13.2. The van der Waals surface area contributed by atoms with E-state index in [9.17, 15) is 9.59 Å². The zero-order valence-electron chi connectivity index (χ0n) is 17.9. The number of aromatic nitrogens is 4. The lowest BCUT2D eigenvalue weighted by atomic mass is 9.97. The van der Waals surface area contributed by atoms with Crippen molar-refractivity contribution in [3.05, 3.63) is 58.0 Å². The van der Waals surface area contributed by atoms with E-state index in [4.69, 9.17) is 4.98 Å². The quantitative estimate of drug-likeness (QED) is 0.342. The molecule has 1 amide bonds.